The SMILES string of the molecule is FC(F)Oc1cccc(CNC(NC2=NC(c3ccncc3)CS2)=C2CC2)c1. The number of ether oxygens (including phenoxy) is 1. The molecule has 2 aromatic rings. The summed E-state index contributed by atoms with van der Waals surface area (Å²) in [6.45, 7) is -2.31. The average Bonchev–Trinajstić information content (AvgIpc) is 3.44. The Morgan fingerprint density at radius 2 is 2.04 bits per heavy atom. The van der Waals surface area contributed by atoms with Gasteiger partial charge in [-0.3, -0.25) is 9.98 Å². The van der Waals surface area contributed by atoms with E-state index in [9.17, 15) is 8.78 Å². The van der Waals surface area contributed by atoms with Crippen LogP contribution in [0.25, 0.3) is 0 Å². The van der Waals surface area contributed by atoms with Gasteiger partial charge in [-0.2, -0.15) is 8.78 Å². The Labute approximate surface area is 166 Å². The first-order chi connectivity index (χ1) is 13.7. The lowest BCUT2D eigenvalue weighted by Gasteiger charge is -2.14. The summed E-state index contributed by atoms with van der Waals surface area (Å²) in [5.74, 6) is 2.02. The van der Waals surface area contributed by atoms with Gasteiger partial charge in [0.25, 0.3) is 0 Å². The van der Waals surface area contributed by atoms with Crippen molar-refractivity contribution >= 4 is 16.9 Å². The molecule has 1 unspecified atom stereocenters. The Morgan fingerprint density at radius 3 is 2.79 bits per heavy atom. The number of aromatic nitrogens is 1. The van der Waals surface area contributed by atoms with Gasteiger partial charge in [0.1, 0.15) is 11.6 Å². The van der Waals surface area contributed by atoms with E-state index in [1.54, 1.807) is 36.3 Å². The lowest BCUT2D eigenvalue weighted by molar-refractivity contribution is -0.0498. The molecule has 1 aromatic carbocycles. The molecule has 2 aliphatic rings. The molecule has 1 aromatic heterocycles. The van der Waals surface area contributed by atoms with Crippen LogP contribution >= 0.6 is 11.8 Å². The maximum atomic E-state index is 12.4. The number of alkyl halides is 2. The van der Waals surface area contributed by atoms with Crippen molar-refractivity contribution in [2.45, 2.75) is 32.0 Å². The number of thioether (sulfide) groups is 1. The first-order valence-electron chi connectivity index (χ1n) is 9.04. The molecule has 2 heterocycles. The smallest absolute Gasteiger partial charge is 0.387 e. The van der Waals surface area contributed by atoms with Crippen molar-refractivity contribution in [1.82, 2.24) is 15.6 Å². The van der Waals surface area contributed by atoms with E-state index in [4.69, 9.17) is 4.99 Å². The molecule has 0 saturated heterocycles. The molecule has 2 N–H and O–H groups in total. The van der Waals surface area contributed by atoms with Crippen molar-refractivity contribution < 1.29 is 13.5 Å². The van der Waals surface area contributed by atoms with Crippen LogP contribution in [0.4, 0.5) is 8.78 Å². The van der Waals surface area contributed by atoms with Gasteiger partial charge in [-0.05, 0) is 53.8 Å². The lowest BCUT2D eigenvalue weighted by atomic mass is 10.1. The summed E-state index contributed by atoms with van der Waals surface area (Å²) in [4.78, 5) is 8.83. The Kier molecular flexibility index (Phi) is 5.76. The number of allylic oxidation sites excluding steroid dienone is 1. The Morgan fingerprint density at radius 1 is 1.21 bits per heavy atom. The largest absolute Gasteiger partial charge is 0.435 e. The van der Waals surface area contributed by atoms with Gasteiger partial charge in [0.15, 0.2) is 5.17 Å². The minimum atomic E-state index is -2.82. The Hall–Kier alpha value is -2.61. The fourth-order valence-electron chi connectivity index (χ4n) is 2.90. The zero-order valence-electron chi connectivity index (χ0n) is 15.1. The summed E-state index contributed by atoms with van der Waals surface area (Å²) in [6, 6.07) is 10.8. The van der Waals surface area contributed by atoms with Crippen molar-refractivity contribution in [2.75, 3.05) is 5.75 Å². The second-order valence-electron chi connectivity index (χ2n) is 6.52. The van der Waals surface area contributed by atoms with Gasteiger partial charge in [-0.1, -0.05) is 23.9 Å². The molecule has 5 nitrogen and oxygen atoms in total. The second kappa shape index (κ2) is 8.60. The van der Waals surface area contributed by atoms with Crippen molar-refractivity contribution in [3.05, 3.63) is 71.3 Å². The van der Waals surface area contributed by atoms with Crippen LogP contribution in [0.2, 0.25) is 0 Å². The molecular weight excluding hydrogens is 382 g/mol. The van der Waals surface area contributed by atoms with Crippen LogP contribution in [0, 0.1) is 0 Å². The number of nitrogens with zero attached hydrogens (tertiary/aromatic N) is 2. The highest BCUT2D eigenvalue weighted by Crippen LogP contribution is 2.32. The summed E-state index contributed by atoms with van der Waals surface area (Å²) in [7, 11) is 0. The summed E-state index contributed by atoms with van der Waals surface area (Å²) in [5.41, 5.74) is 3.34. The van der Waals surface area contributed by atoms with Crippen LogP contribution in [0.5, 0.6) is 5.75 Å². The van der Waals surface area contributed by atoms with E-state index in [1.807, 2.05) is 18.2 Å². The third kappa shape index (κ3) is 5.01. The summed E-state index contributed by atoms with van der Waals surface area (Å²) < 4.78 is 29.2. The van der Waals surface area contributed by atoms with Crippen LogP contribution in [0.15, 0.2) is 65.2 Å². The Bertz CT molecular complexity index is 883. The van der Waals surface area contributed by atoms with Gasteiger partial charge >= 0.3 is 6.61 Å². The van der Waals surface area contributed by atoms with Crippen LogP contribution < -0.4 is 15.4 Å². The van der Waals surface area contributed by atoms with Crippen molar-refractivity contribution in [2.24, 2.45) is 4.99 Å². The second-order valence-corrected chi connectivity index (χ2v) is 7.53. The van der Waals surface area contributed by atoms with Gasteiger partial charge < -0.3 is 15.4 Å². The molecule has 146 valence electrons. The van der Waals surface area contributed by atoms with Gasteiger partial charge in [-0.15, -0.1) is 0 Å². The number of pyridine rings is 1. The molecule has 1 aliphatic carbocycles. The highest BCUT2D eigenvalue weighted by molar-refractivity contribution is 8.14. The molecule has 1 aliphatic heterocycles. The molecule has 28 heavy (non-hydrogen) atoms. The predicted molar refractivity (Wildman–Crippen MR) is 106 cm³/mol. The first kappa shape index (κ1) is 18.7. The number of amidine groups is 1. The molecule has 1 fully saturated rings. The number of nitrogens with one attached hydrogen (secondary N) is 2. The molecule has 0 spiro atoms. The van der Waals surface area contributed by atoms with Crippen molar-refractivity contribution in [3.8, 4) is 5.75 Å². The predicted octanol–water partition coefficient (Wildman–Crippen LogP) is 4.21. The van der Waals surface area contributed by atoms with E-state index in [0.29, 0.717) is 6.54 Å². The number of aliphatic imine (C=N–C) groups is 1. The normalized spacial score (nSPS) is 18.0. The minimum absolute atomic E-state index is 0.129. The third-order valence-electron chi connectivity index (χ3n) is 4.42. The van der Waals surface area contributed by atoms with Crippen molar-refractivity contribution in [3.63, 3.8) is 0 Å². The average molecular weight is 402 g/mol. The van der Waals surface area contributed by atoms with E-state index in [-0.39, 0.29) is 11.8 Å². The van der Waals surface area contributed by atoms with E-state index in [1.165, 1.54) is 11.6 Å². The maximum Gasteiger partial charge on any atom is 0.387 e. The van der Waals surface area contributed by atoms with Gasteiger partial charge in [0.05, 0.1) is 6.04 Å². The van der Waals surface area contributed by atoms with Crippen LogP contribution in [-0.2, 0) is 6.54 Å². The van der Waals surface area contributed by atoms with Crippen molar-refractivity contribution in [1.29, 1.82) is 0 Å². The van der Waals surface area contributed by atoms with E-state index in [2.05, 4.69) is 20.4 Å². The zero-order chi connectivity index (χ0) is 19.3. The summed E-state index contributed by atoms with van der Waals surface area (Å²) in [5, 5.41) is 7.68. The molecule has 4 rings (SSSR count). The Balaban J connectivity index is 1.38. The van der Waals surface area contributed by atoms with Gasteiger partial charge in [0.2, 0.25) is 0 Å². The highest BCUT2D eigenvalue weighted by Gasteiger charge is 2.23. The zero-order valence-corrected chi connectivity index (χ0v) is 15.9. The van der Waals surface area contributed by atoms with Gasteiger partial charge in [0, 0.05) is 24.7 Å². The molecule has 0 amide bonds. The topological polar surface area (TPSA) is 58.5 Å². The quantitative estimate of drug-likeness (QED) is 0.727. The number of hydrogen-bond donors (Lipinski definition) is 2. The number of benzene rings is 1. The molecule has 0 bridgehead atoms. The summed E-state index contributed by atoms with van der Waals surface area (Å²) in [6.07, 6.45) is 5.67. The first-order valence-corrected chi connectivity index (χ1v) is 10.0. The number of rotatable bonds is 7. The highest BCUT2D eigenvalue weighted by atomic mass is 32.2. The minimum Gasteiger partial charge on any atom is -0.435 e. The van der Waals surface area contributed by atoms with Crippen LogP contribution in [0.3, 0.4) is 0 Å². The maximum absolute atomic E-state index is 12.4. The molecular formula is C20H20F2N4OS. The number of halogens is 2. The molecule has 1 saturated carbocycles. The molecule has 8 heteroatoms. The van der Waals surface area contributed by atoms with Gasteiger partial charge in [-0.25, -0.2) is 0 Å². The van der Waals surface area contributed by atoms with E-state index >= 15 is 0 Å². The van der Waals surface area contributed by atoms with Crippen LogP contribution in [-0.4, -0.2) is 22.5 Å². The van der Waals surface area contributed by atoms with E-state index in [0.717, 1.165) is 40.7 Å². The monoisotopic (exact) mass is 402 g/mol. The standard InChI is InChI=1S/C20H20F2N4OS/c21-19(22)27-16-3-1-2-13(10-16)11-24-18(15-4-5-15)26-20-25-17(12-28-20)14-6-8-23-9-7-14/h1-3,6-10,17,19,24H,4-5,11-12H2,(H,25,26). The third-order valence-corrected chi connectivity index (χ3v) is 5.38. The summed E-state index contributed by atoms with van der Waals surface area (Å²) >= 11 is 1.69. The molecule has 1 atom stereocenters. The number of hydrogen-bond acceptors (Lipinski definition) is 6. The van der Waals surface area contributed by atoms with Crippen LogP contribution in [0.1, 0.15) is 30.0 Å². The van der Waals surface area contributed by atoms with E-state index < -0.39 is 6.61 Å². The molecule has 0 radical (unpaired) electrons. The lowest BCUT2D eigenvalue weighted by Crippen LogP contribution is -2.29. The fourth-order valence-corrected chi connectivity index (χ4v) is 3.86. The fraction of sp³-hybridized carbons (Fsp3) is 0.300.